The number of sulfonamides is 1. The maximum Gasteiger partial charge on any atom is 0.345 e. The highest BCUT2D eigenvalue weighted by atomic mass is 35.5. The van der Waals surface area contributed by atoms with Crippen molar-refractivity contribution in [2.24, 2.45) is 0 Å². The molecule has 0 bridgehead atoms. The molecule has 29 heavy (non-hydrogen) atoms. The minimum atomic E-state index is -3.34. The molecule has 0 radical (unpaired) electrons. The van der Waals surface area contributed by atoms with Gasteiger partial charge in [-0.05, 0) is 43.5 Å². The number of methoxy groups -OCH3 is 1. The smallest absolute Gasteiger partial charge is 0.345 e. The van der Waals surface area contributed by atoms with Crippen molar-refractivity contribution in [2.45, 2.75) is 19.3 Å². The van der Waals surface area contributed by atoms with Gasteiger partial charge in [0.1, 0.15) is 16.4 Å². The maximum absolute atomic E-state index is 12.0. The van der Waals surface area contributed by atoms with Crippen LogP contribution in [0.2, 0.25) is 5.02 Å². The molecule has 2 aromatic rings. The molecule has 10 heteroatoms. The summed E-state index contributed by atoms with van der Waals surface area (Å²) in [5.74, 6) is 0.202. The Bertz CT molecular complexity index is 929. The standard InChI is InChI=1S/C19H24ClNO6S2/c1-26-15-11-14(20)12-16(13-15)27-10-4-9-21(29(2,24)25)8-3-5-17-6-7-18(28-17)19(22)23/h6-7,11-13H,3-5,8-10H2,1-2H3,(H,22,23). The number of rotatable bonds is 12. The number of ether oxygens (including phenoxy) is 2. The van der Waals surface area contributed by atoms with E-state index in [1.54, 1.807) is 30.3 Å². The first-order chi connectivity index (χ1) is 13.7. The van der Waals surface area contributed by atoms with Crippen LogP contribution in [0.4, 0.5) is 0 Å². The third-order valence-electron chi connectivity index (χ3n) is 4.07. The number of halogens is 1. The second kappa shape index (κ2) is 10.8. The Morgan fingerprint density at radius 3 is 2.48 bits per heavy atom. The summed E-state index contributed by atoms with van der Waals surface area (Å²) < 4.78 is 36.3. The highest BCUT2D eigenvalue weighted by Gasteiger charge is 2.16. The summed E-state index contributed by atoms with van der Waals surface area (Å²) in [5, 5.41) is 9.46. The molecular weight excluding hydrogens is 438 g/mol. The van der Waals surface area contributed by atoms with E-state index in [0.29, 0.717) is 55.5 Å². The number of hydrogen-bond donors (Lipinski definition) is 1. The van der Waals surface area contributed by atoms with E-state index in [4.69, 9.17) is 26.2 Å². The number of aromatic carboxylic acids is 1. The predicted molar refractivity (Wildman–Crippen MR) is 114 cm³/mol. The SMILES string of the molecule is COc1cc(Cl)cc(OCCCN(CCCc2ccc(C(=O)O)s2)S(C)(=O)=O)c1. The molecule has 1 N–H and O–H groups in total. The molecule has 160 valence electrons. The van der Waals surface area contributed by atoms with Gasteiger partial charge in [0.25, 0.3) is 0 Å². The zero-order chi connectivity index (χ0) is 21.4. The Morgan fingerprint density at radius 1 is 1.17 bits per heavy atom. The summed E-state index contributed by atoms with van der Waals surface area (Å²) >= 11 is 7.21. The topological polar surface area (TPSA) is 93.1 Å². The second-order valence-corrected chi connectivity index (χ2v) is 9.95. The lowest BCUT2D eigenvalue weighted by Gasteiger charge is -2.20. The van der Waals surface area contributed by atoms with Crippen LogP contribution in [0.5, 0.6) is 11.5 Å². The van der Waals surface area contributed by atoms with E-state index in [1.807, 2.05) is 0 Å². The fourth-order valence-corrected chi connectivity index (χ4v) is 4.69. The largest absolute Gasteiger partial charge is 0.497 e. The van der Waals surface area contributed by atoms with Gasteiger partial charge in [0.15, 0.2) is 0 Å². The first-order valence-corrected chi connectivity index (χ1v) is 12.0. The molecule has 1 heterocycles. The van der Waals surface area contributed by atoms with E-state index >= 15 is 0 Å². The Hall–Kier alpha value is -1.81. The summed E-state index contributed by atoms with van der Waals surface area (Å²) in [6, 6.07) is 8.40. The summed E-state index contributed by atoms with van der Waals surface area (Å²) in [6.45, 7) is 1.04. The summed E-state index contributed by atoms with van der Waals surface area (Å²) in [4.78, 5) is 12.1. The Morgan fingerprint density at radius 2 is 1.86 bits per heavy atom. The van der Waals surface area contributed by atoms with Crippen molar-refractivity contribution in [3.8, 4) is 11.5 Å². The maximum atomic E-state index is 12.0. The van der Waals surface area contributed by atoms with Crippen LogP contribution >= 0.6 is 22.9 Å². The Labute approximate surface area is 179 Å². The molecule has 7 nitrogen and oxygen atoms in total. The van der Waals surface area contributed by atoms with Crippen LogP contribution in [-0.2, 0) is 16.4 Å². The highest BCUT2D eigenvalue weighted by molar-refractivity contribution is 7.88. The number of carboxylic acid groups (broad SMARTS) is 1. The fraction of sp³-hybridized carbons (Fsp3) is 0.421. The van der Waals surface area contributed by atoms with Crippen LogP contribution in [0.1, 0.15) is 27.4 Å². The molecule has 0 aliphatic rings. The van der Waals surface area contributed by atoms with Crippen LogP contribution in [0.15, 0.2) is 30.3 Å². The molecule has 0 amide bonds. The van der Waals surface area contributed by atoms with E-state index in [0.717, 1.165) is 4.88 Å². The van der Waals surface area contributed by atoms with Crippen molar-refractivity contribution in [1.82, 2.24) is 4.31 Å². The van der Waals surface area contributed by atoms with Crippen molar-refractivity contribution in [3.63, 3.8) is 0 Å². The molecule has 0 unspecified atom stereocenters. The molecular formula is C19H24ClNO6S2. The monoisotopic (exact) mass is 461 g/mol. The number of thiophene rings is 1. The molecule has 0 atom stereocenters. The molecule has 0 spiro atoms. The third-order valence-corrected chi connectivity index (χ3v) is 6.73. The van der Waals surface area contributed by atoms with Gasteiger partial charge >= 0.3 is 5.97 Å². The normalized spacial score (nSPS) is 11.6. The lowest BCUT2D eigenvalue weighted by Crippen LogP contribution is -2.33. The molecule has 0 aliphatic carbocycles. The molecule has 1 aromatic heterocycles. The molecule has 0 saturated heterocycles. The fourth-order valence-electron chi connectivity index (χ4n) is 2.67. The van der Waals surface area contributed by atoms with Gasteiger partial charge in [-0.25, -0.2) is 17.5 Å². The van der Waals surface area contributed by atoms with Gasteiger partial charge in [0.05, 0.1) is 20.0 Å². The van der Waals surface area contributed by atoms with Gasteiger partial charge < -0.3 is 14.6 Å². The van der Waals surface area contributed by atoms with Crippen LogP contribution < -0.4 is 9.47 Å². The lowest BCUT2D eigenvalue weighted by atomic mass is 10.2. The number of nitrogens with zero attached hydrogens (tertiary/aromatic N) is 1. The molecule has 1 aromatic carbocycles. The number of carboxylic acids is 1. The summed E-state index contributed by atoms with van der Waals surface area (Å²) in [7, 11) is -1.80. The molecule has 0 fully saturated rings. The van der Waals surface area contributed by atoms with Crippen molar-refractivity contribution in [1.29, 1.82) is 0 Å². The number of carbonyl (C=O) groups is 1. The van der Waals surface area contributed by atoms with E-state index in [9.17, 15) is 13.2 Å². The van der Waals surface area contributed by atoms with Gasteiger partial charge in [-0.2, -0.15) is 0 Å². The van der Waals surface area contributed by atoms with Crippen molar-refractivity contribution >= 4 is 38.9 Å². The zero-order valence-corrected chi connectivity index (χ0v) is 18.6. The van der Waals surface area contributed by atoms with Gasteiger partial charge in [0.2, 0.25) is 10.0 Å². The molecule has 0 saturated carbocycles. The summed E-state index contributed by atoms with van der Waals surface area (Å²) in [6.07, 6.45) is 2.94. The number of hydrogen-bond acceptors (Lipinski definition) is 6. The minimum absolute atomic E-state index is 0.287. The van der Waals surface area contributed by atoms with E-state index in [2.05, 4.69) is 0 Å². The average Bonchev–Trinajstić information content (AvgIpc) is 3.11. The van der Waals surface area contributed by atoms with Crippen LogP contribution in [0.25, 0.3) is 0 Å². The van der Waals surface area contributed by atoms with E-state index < -0.39 is 16.0 Å². The van der Waals surface area contributed by atoms with Gasteiger partial charge in [-0.15, -0.1) is 11.3 Å². The zero-order valence-electron chi connectivity index (χ0n) is 16.3. The van der Waals surface area contributed by atoms with Crippen molar-refractivity contribution < 1.29 is 27.8 Å². The predicted octanol–water partition coefficient (Wildman–Crippen LogP) is 3.77. The first kappa shape index (κ1) is 23.5. The third kappa shape index (κ3) is 7.85. The number of aryl methyl sites for hydroxylation is 1. The quantitative estimate of drug-likeness (QED) is 0.483. The van der Waals surface area contributed by atoms with E-state index in [-0.39, 0.29) is 4.88 Å². The van der Waals surface area contributed by atoms with Gasteiger partial charge in [-0.3, -0.25) is 0 Å². The highest BCUT2D eigenvalue weighted by Crippen LogP contribution is 2.26. The Kier molecular flexibility index (Phi) is 8.76. The average molecular weight is 462 g/mol. The van der Waals surface area contributed by atoms with Crippen molar-refractivity contribution in [3.05, 3.63) is 45.1 Å². The lowest BCUT2D eigenvalue weighted by molar-refractivity contribution is 0.0702. The van der Waals surface area contributed by atoms with Crippen LogP contribution in [0.3, 0.4) is 0 Å². The van der Waals surface area contributed by atoms with Crippen LogP contribution in [-0.4, -0.2) is 56.9 Å². The molecule has 2 rings (SSSR count). The first-order valence-electron chi connectivity index (χ1n) is 8.93. The summed E-state index contributed by atoms with van der Waals surface area (Å²) in [5.41, 5.74) is 0. The minimum Gasteiger partial charge on any atom is -0.497 e. The molecule has 0 aliphatic heterocycles. The Balaban J connectivity index is 1.81. The van der Waals surface area contributed by atoms with Crippen LogP contribution in [0, 0.1) is 0 Å². The van der Waals surface area contributed by atoms with Crippen molar-refractivity contribution in [2.75, 3.05) is 33.1 Å². The van der Waals surface area contributed by atoms with E-state index in [1.165, 1.54) is 29.0 Å². The van der Waals surface area contributed by atoms with Gasteiger partial charge in [0, 0.05) is 29.1 Å². The number of benzene rings is 1. The van der Waals surface area contributed by atoms with Gasteiger partial charge in [-0.1, -0.05) is 11.6 Å². The second-order valence-electron chi connectivity index (χ2n) is 6.37.